The highest BCUT2D eigenvalue weighted by molar-refractivity contribution is 5.94. The molecule has 5 heteroatoms. The molecule has 1 atom stereocenters. The van der Waals surface area contributed by atoms with Gasteiger partial charge in [0.15, 0.2) is 0 Å². The fraction of sp³-hybridized carbons (Fsp3) is 0.370. The number of benzene rings is 2. The molecule has 0 fully saturated rings. The van der Waals surface area contributed by atoms with Gasteiger partial charge in [-0.15, -0.1) is 0 Å². The van der Waals surface area contributed by atoms with Crippen LogP contribution in [0.3, 0.4) is 0 Å². The van der Waals surface area contributed by atoms with Crippen LogP contribution < -0.4 is 0 Å². The van der Waals surface area contributed by atoms with Crippen LogP contribution in [-0.2, 0) is 13.0 Å². The number of amides is 1. The molecule has 0 saturated carbocycles. The van der Waals surface area contributed by atoms with E-state index in [-0.39, 0.29) is 5.91 Å². The molecule has 1 unspecified atom stereocenters. The van der Waals surface area contributed by atoms with Crippen molar-refractivity contribution in [2.45, 2.75) is 58.0 Å². The minimum absolute atomic E-state index is 0.133. The maximum atomic E-state index is 14.8. The summed E-state index contributed by atoms with van der Waals surface area (Å²) < 4.78 is 30.5. The molecule has 0 bridgehead atoms. The van der Waals surface area contributed by atoms with Gasteiger partial charge in [-0.3, -0.25) is 4.79 Å². The van der Waals surface area contributed by atoms with Gasteiger partial charge in [0.2, 0.25) is 0 Å². The Morgan fingerprint density at radius 1 is 1.00 bits per heavy atom. The Morgan fingerprint density at radius 2 is 1.81 bits per heavy atom. The summed E-state index contributed by atoms with van der Waals surface area (Å²) in [6, 6.07) is 14.6. The second-order valence-electron chi connectivity index (χ2n) is 8.55. The van der Waals surface area contributed by atoms with Crippen LogP contribution in [0.25, 0.3) is 0 Å². The smallest absolute Gasteiger partial charge is 0.254 e. The summed E-state index contributed by atoms with van der Waals surface area (Å²) in [6.07, 6.45) is 8.55. The van der Waals surface area contributed by atoms with Crippen LogP contribution in [-0.4, -0.2) is 21.9 Å². The van der Waals surface area contributed by atoms with Gasteiger partial charge in [0.05, 0.1) is 0 Å². The highest BCUT2D eigenvalue weighted by Gasteiger charge is 2.33. The molecule has 1 aliphatic heterocycles. The third kappa shape index (κ3) is 4.77. The fourth-order valence-corrected chi connectivity index (χ4v) is 4.58. The van der Waals surface area contributed by atoms with E-state index in [2.05, 4.69) is 11.5 Å². The molecule has 0 aliphatic carbocycles. The summed E-state index contributed by atoms with van der Waals surface area (Å²) in [5.74, 6) is -1.39. The number of halogens is 2. The molecule has 0 radical (unpaired) electrons. The highest BCUT2D eigenvalue weighted by Crippen LogP contribution is 2.34. The first kappa shape index (κ1) is 22.3. The lowest BCUT2D eigenvalue weighted by molar-refractivity contribution is 0.0707. The standard InChI is InChI=1S/C27H30F2N2O/c1-2-3-4-5-8-20-10-12-21(13-11-20)27(32)31-18-7-17-30-16-6-9-25(30)26(31)23-15-14-22(28)19-24(23)29/h6,9-16,19,26H,2-5,7-8,17-18H2,1H3. The van der Waals surface area contributed by atoms with Crippen LogP contribution in [0.1, 0.15) is 72.2 Å². The van der Waals surface area contributed by atoms with Gasteiger partial charge in [-0.25, -0.2) is 8.78 Å². The van der Waals surface area contributed by atoms with Gasteiger partial charge in [-0.05, 0) is 55.2 Å². The van der Waals surface area contributed by atoms with Crippen molar-refractivity contribution in [2.75, 3.05) is 6.54 Å². The number of fused-ring (bicyclic) bond motifs is 1. The molecule has 0 N–H and O–H groups in total. The fourth-order valence-electron chi connectivity index (χ4n) is 4.58. The van der Waals surface area contributed by atoms with Gasteiger partial charge in [0, 0.05) is 42.2 Å². The summed E-state index contributed by atoms with van der Waals surface area (Å²) in [5, 5.41) is 0. The third-order valence-corrected chi connectivity index (χ3v) is 6.29. The largest absolute Gasteiger partial charge is 0.349 e. The van der Waals surface area contributed by atoms with E-state index >= 15 is 0 Å². The van der Waals surface area contributed by atoms with E-state index in [0.717, 1.165) is 37.6 Å². The van der Waals surface area contributed by atoms with Crippen molar-refractivity contribution < 1.29 is 13.6 Å². The van der Waals surface area contributed by atoms with Gasteiger partial charge in [0.1, 0.15) is 17.7 Å². The lowest BCUT2D eigenvalue weighted by Crippen LogP contribution is -2.36. The Bertz CT molecular complexity index is 1060. The second-order valence-corrected chi connectivity index (χ2v) is 8.55. The Hall–Kier alpha value is -2.95. The highest BCUT2D eigenvalue weighted by atomic mass is 19.1. The SMILES string of the molecule is CCCCCCc1ccc(C(=O)N2CCCn3cccc3C2c2ccc(F)cc2F)cc1. The molecule has 32 heavy (non-hydrogen) atoms. The summed E-state index contributed by atoms with van der Waals surface area (Å²) >= 11 is 0. The van der Waals surface area contributed by atoms with Crippen LogP contribution in [0.4, 0.5) is 8.78 Å². The lowest BCUT2D eigenvalue weighted by Gasteiger charge is -2.31. The average molecular weight is 437 g/mol. The number of nitrogens with zero attached hydrogens (tertiary/aromatic N) is 2. The first-order chi connectivity index (χ1) is 15.6. The van der Waals surface area contributed by atoms with E-state index in [4.69, 9.17) is 0 Å². The third-order valence-electron chi connectivity index (χ3n) is 6.29. The van der Waals surface area contributed by atoms with Gasteiger partial charge in [-0.2, -0.15) is 0 Å². The number of carbonyl (C=O) groups excluding carboxylic acids is 1. The summed E-state index contributed by atoms with van der Waals surface area (Å²) in [5.41, 5.74) is 2.97. The molecule has 3 nitrogen and oxygen atoms in total. The van der Waals surface area contributed by atoms with E-state index in [9.17, 15) is 13.6 Å². The Labute approximate surface area is 188 Å². The van der Waals surface area contributed by atoms with Crippen molar-refractivity contribution in [3.05, 3.63) is 94.8 Å². The van der Waals surface area contributed by atoms with Crippen molar-refractivity contribution in [1.82, 2.24) is 9.47 Å². The topological polar surface area (TPSA) is 25.2 Å². The monoisotopic (exact) mass is 436 g/mol. The van der Waals surface area contributed by atoms with Crippen molar-refractivity contribution in [1.29, 1.82) is 0 Å². The number of rotatable bonds is 7. The molecule has 1 aliphatic rings. The van der Waals surface area contributed by atoms with Gasteiger partial charge >= 0.3 is 0 Å². The van der Waals surface area contributed by atoms with E-state index < -0.39 is 17.7 Å². The minimum atomic E-state index is -0.634. The van der Waals surface area contributed by atoms with Crippen LogP contribution in [0.5, 0.6) is 0 Å². The quantitative estimate of drug-likeness (QED) is 0.387. The summed E-state index contributed by atoms with van der Waals surface area (Å²) in [4.78, 5) is 15.3. The van der Waals surface area contributed by atoms with E-state index in [1.54, 1.807) is 4.90 Å². The molecule has 2 aromatic carbocycles. The molecule has 1 aromatic heterocycles. The number of unbranched alkanes of at least 4 members (excludes halogenated alkanes) is 3. The molecule has 1 amide bonds. The molecule has 2 heterocycles. The molecule has 4 rings (SSSR count). The maximum absolute atomic E-state index is 14.8. The number of aryl methyl sites for hydroxylation is 2. The predicted molar refractivity (Wildman–Crippen MR) is 123 cm³/mol. The normalized spacial score (nSPS) is 16.0. The molecule has 3 aromatic rings. The van der Waals surface area contributed by atoms with Crippen LogP contribution in [0, 0.1) is 11.6 Å². The lowest BCUT2D eigenvalue weighted by atomic mass is 9.99. The van der Waals surface area contributed by atoms with Crippen molar-refractivity contribution in [2.24, 2.45) is 0 Å². The van der Waals surface area contributed by atoms with Crippen LogP contribution in [0.15, 0.2) is 60.8 Å². The van der Waals surface area contributed by atoms with Crippen molar-refractivity contribution in [3.63, 3.8) is 0 Å². The Morgan fingerprint density at radius 3 is 2.56 bits per heavy atom. The van der Waals surface area contributed by atoms with Crippen molar-refractivity contribution >= 4 is 5.91 Å². The Balaban J connectivity index is 1.62. The average Bonchev–Trinajstić information content (AvgIpc) is 3.18. The van der Waals surface area contributed by atoms with Gasteiger partial charge in [0.25, 0.3) is 5.91 Å². The van der Waals surface area contributed by atoms with E-state index in [0.29, 0.717) is 17.7 Å². The first-order valence-electron chi connectivity index (χ1n) is 11.6. The van der Waals surface area contributed by atoms with E-state index in [1.807, 2.05) is 42.6 Å². The molecule has 168 valence electrons. The molecular weight excluding hydrogens is 406 g/mol. The second kappa shape index (κ2) is 10.1. The molecule has 0 saturated heterocycles. The zero-order valence-electron chi connectivity index (χ0n) is 18.6. The maximum Gasteiger partial charge on any atom is 0.254 e. The van der Waals surface area contributed by atoms with Gasteiger partial charge in [-0.1, -0.05) is 44.4 Å². The number of hydrogen-bond acceptors (Lipinski definition) is 1. The van der Waals surface area contributed by atoms with E-state index in [1.165, 1.54) is 37.0 Å². The summed E-state index contributed by atoms with van der Waals surface area (Å²) in [6.45, 7) is 3.45. The van der Waals surface area contributed by atoms with Gasteiger partial charge < -0.3 is 9.47 Å². The zero-order chi connectivity index (χ0) is 22.5. The number of aromatic nitrogens is 1. The Kier molecular flexibility index (Phi) is 7.03. The zero-order valence-corrected chi connectivity index (χ0v) is 18.6. The first-order valence-corrected chi connectivity index (χ1v) is 11.6. The number of hydrogen-bond donors (Lipinski definition) is 0. The predicted octanol–water partition coefficient (Wildman–Crippen LogP) is 6.52. The van der Waals surface area contributed by atoms with Crippen LogP contribution >= 0.6 is 0 Å². The van der Waals surface area contributed by atoms with Crippen molar-refractivity contribution in [3.8, 4) is 0 Å². The molecule has 0 spiro atoms. The summed E-state index contributed by atoms with van der Waals surface area (Å²) in [7, 11) is 0. The number of carbonyl (C=O) groups is 1. The minimum Gasteiger partial charge on any atom is -0.349 e. The van der Waals surface area contributed by atoms with Crippen LogP contribution in [0.2, 0.25) is 0 Å². The molecular formula is C27H30F2N2O.